The van der Waals surface area contributed by atoms with Crippen molar-refractivity contribution in [3.8, 4) is 11.5 Å². The van der Waals surface area contributed by atoms with Crippen molar-refractivity contribution < 1.29 is 4.74 Å². The molecule has 0 aromatic heterocycles. The second-order valence-corrected chi connectivity index (χ2v) is 4.75. The Morgan fingerprint density at radius 1 is 1.00 bits per heavy atom. The number of hydrogen-bond acceptors (Lipinski definition) is 2. The topological polar surface area (TPSA) is 21.3 Å². The summed E-state index contributed by atoms with van der Waals surface area (Å²) in [5.41, 5.74) is 1.24. The number of benzene rings is 2. The average molecular weight is 255 g/mol. The van der Waals surface area contributed by atoms with Crippen molar-refractivity contribution in [1.82, 2.24) is 5.32 Å². The minimum atomic E-state index is 0.540. The highest BCUT2D eigenvalue weighted by Crippen LogP contribution is 2.21. The van der Waals surface area contributed by atoms with Gasteiger partial charge in [0.1, 0.15) is 11.5 Å². The Bertz CT molecular complexity index is 496. The van der Waals surface area contributed by atoms with Crippen molar-refractivity contribution in [2.75, 3.05) is 0 Å². The molecule has 0 saturated carbocycles. The first-order chi connectivity index (χ1) is 9.28. The molecule has 0 amide bonds. The fraction of sp³-hybridized carbons (Fsp3) is 0.294. The molecule has 0 bridgehead atoms. The van der Waals surface area contributed by atoms with Crippen molar-refractivity contribution in [3.63, 3.8) is 0 Å². The van der Waals surface area contributed by atoms with Gasteiger partial charge in [-0.1, -0.05) is 37.3 Å². The van der Waals surface area contributed by atoms with Crippen LogP contribution in [0.1, 0.15) is 25.8 Å². The molecule has 100 valence electrons. The summed E-state index contributed by atoms with van der Waals surface area (Å²) in [6.45, 7) is 5.26. The lowest BCUT2D eigenvalue weighted by molar-refractivity contribution is 0.480. The number of rotatable bonds is 6. The maximum Gasteiger partial charge on any atom is 0.127 e. The molecule has 0 fully saturated rings. The first-order valence-electron chi connectivity index (χ1n) is 6.83. The maximum atomic E-state index is 5.82. The second kappa shape index (κ2) is 6.95. The van der Waals surface area contributed by atoms with Crippen LogP contribution in [-0.4, -0.2) is 6.04 Å². The lowest BCUT2D eigenvalue weighted by Crippen LogP contribution is -2.24. The summed E-state index contributed by atoms with van der Waals surface area (Å²) >= 11 is 0. The summed E-state index contributed by atoms with van der Waals surface area (Å²) in [6.07, 6.45) is 1.14. The van der Waals surface area contributed by atoms with Crippen LogP contribution < -0.4 is 10.1 Å². The molecule has 19 heavy (non-hydrogen) atoms. The van der Waals surface area contributed by atoms with E-state index in [9.17, 15) is 0 Å². The molecule has 0 heterocycles. The Morgan fingerprint density at radius 3 is 2.47 bits per heavy atom. The lowest BCUT2D eigenvalue weighted by Gasteiger charge is -2.12. The van der Waals surface area contributed by atoms with E-state index in [4.69, 9.17) is 4.74 Å². The van der Waals surface area contributed by atoms with Crippen LogP contribution in [0.4, 0.5) is 0 Å². The fourth-order valence-corrected chi connectivity index (χ4v) is 1.78. The molecule has 0 spiro atoms. The van der Waals surface area contributed by atoms with Gasteiger partial charge in [-0.15, -0.1) is 0 Å². The minimum Gasteiger partial charge on any atom is -0.457 e. The van der Waals surface area contributed by atoms with Gasteiger partial charge < -0.3 is 10.1 Å². The Kier molecular flexibility index (Phi) is 4.99. The summed E-state index contributed by atoms with van der Waals surface area (Å²) in [5, 5.41) is 3.48. The molecule has 1 unspecified atom stereocenters. The summed E-state index contributed by atoms with van der Waals surface area (Å²) in [4.78, 5) is 0. The normalized spacial score (nSPS) is 12.1. The number of hydrogen-bond donors (Lipinski definition) is 1. The monoisotopic (exact) mass is 255 g/mol. The van der Waals surface area contributed by atoms with Crippen molar-refractivity contribution >= 4 is 0 Å². The Hall–Kier alpha value is -1.80. The first-order valence-corrected chi connectivity index (χ1v) is 6.83. The van der Waals surface area contributed by atoms with E-state index in [2.05, 4.69) is 31.3 Å². The van der Waals surface area contributed by atoms with Crippen LogP contribution in [0.25, 0.3) is 0 Å². The smallest absolute Gasteiger partial charge is 0.127 e. The van der Waals surface area contributed by atoms with Gasteiger partial charge >= 0.3 is 0 Å². The summed E-state index contributed by atoms with van der Waals surface area (Å²) < 4.78 is 5.82. The third-order valence-electron chi connectivity index (χ3n) is 3.14. The highest BCUT2D eigenvalue weighted by Gasteiger charge is 2.01. The Balaban J connectivity index is 1.99. The molecule has 1 N–H and O–H groups in total. The highest BCUT2D eigenvalue weighted by atomic mass is 16.5. The minimum absolute atomic E-state index is 0.540. The second-order valence-electron chi connectivity index (χ2n) is 4.75. The molecule has 0 saturated heterocycles. The van der Waals surface area contributed by atoms with Crippen molar-refractivity contribution in [2.45, 2.75) is 32.9 Å². The zero-order valence-corrected chi connectivity index (χ0v) is 11.6. The molecule has 2 nitrogen and oxygen atoms in total. The molecule has 0 aliphatic heterocycles. The standard InChI is InChI=1S/C17H21NO/c1-3-14(2)18-13-15-8-7-11-17(12-15)19-16-9-5-4-6-10-16/h4-12,14,18H,3,13H2,1-2H3. The summed E-state index contributed by atoms with van der Waals surface area (Å²) in [6, 6.07) is 18.6. The van der Waals surface area contributed by atoms with E-state index >= 15 is 0 Å². The van der Waals surface area contributed by atoms with E-state index in [-0.39, 0.29) is 0 Å². The van der Waals surface area contributed by atoms with Gasteiger partial charge in [-0.3, -0.25) is 0 Å². The molecule has 1 atom stereocenters. The largest absolute Gasteiger partial charge is 0.457 e. The third-order valence-corrected chi connectivity index (χ3v) is 3.14. The predicted octanol–water partition coefficient (Wildman–Crippen LogP) is 4.37. The predicted molar refractivity (Wildman–Crippen MR) is 79.6 cm³/mol. The van der Waals surface area contributed by atoms with Crippen molar-refractivity contribution in [1.29, 1.82) is 0 Å². The van der Waals surface area contributed by atoms with Crippen molar-refractivity contribution in [2.24, 2.45) is 0 Å². The van der Waals surface area contributed by atoms with E-state index in [1.165, 1.54) is 5.56 Å². The molecule has 2 heteroatoms. The zero-order chi connectivity index (χ0) is 13.5. The molecule has 2 aromatic rings. The molecule has 2 rings (SSSR count). The summed E-state index contributed by atoms with van der Waals surface area (Å²) in [5.74, 6) is 1.75. The van der Waals surface area contributed by atoms with Crippen LogP contribution >= 0.6 is 0 Å². The Labute approximate surface area is 115 Å². The molecule has 0 radical (unpaired) electrons. The lowest BCUT2D eigenvalue weighted by atomic mass is 10.2. The molecule has 0 aliphatic rings. The van der Waals surface area contributed by atoms with Gasteiger partial charge in [-0.05, 0) is 43.2 Å². The van der Waals surface area contributed by atoms with Crippen LogP contribution in [0, 0.1) is 0 Å². The van der Waals surface area contributed by atoms with Gasteiger partial charge in [0, 0.05) is 12.6 Å². The van der Waals surface area contributed by atoms with E-state index < -0.39 is 0 Å². The zero-order valence-electron chi connectivity index (χ0n) is 11.6. The van der Waals surface area contributed by atoms with E-state index in [1.807, 2.05) is 42.5 Å². The molecule has 0 aliphatic carbocycles. The highest BCUT2D eigenvalue weighted by molar-refractivity contribution is 5.33. The van der Waals surface area contributed by atoms with Crippen molar-refractivity contribution in [3.05, 3.63) is 60.2 Å². The van der Waals surface area contributed by atoms with Crippen LogP contribution in [0.3, 0.4) is 0 Å². The maximum absolute atomic E-state index is 5.82. The number of ether oxygens (including phenoxy) is 1. The van der Waals surface area contributed by atoms with E-state index in [0.29, 0.717) is 6.04 Å². The van der Waals surface area contributed by atoms with Gasteiger partial charge in [-0.2, -0.15) is 0 Å². The van der Waals surface area contributed by atoms with Gasteiger partial charge in [0.2, 0.25) is 0 Å². The molecular weight excluding hydrogens is 234 g/mol. The third kappa shape index (κ3) is 4.42. The SMILES string of the molecule is CCC(C)NCc1cccc(Oc2ccccc2)c1. The Morgan fingerprint density at radius 2 is 1.74 bits per heavy atom. The quantitative estimate of drug-likeness (QED) is 0.827. The number of nitrogens with one attached hydrogen (secondary N) is 1. The van der Waals surface area contributed by atoms with Crippen LogP contribution in [0.15, 0.2) is 54.6 Å². The van der Waals surface area contributed by atoms with Gasteiger partial charge in [0.05, 0.1) is 0 Å². The van der Waals surface area contributed by atoms with Gasteiger partial charge in [-0.25, -0.2) is 0 Å². The molecule has 2 aromatic carbocycles. The van der Waals surface area contributed by atoms with E-state index in [1.54, 1.807) is 0 Å². The number of para-hydroxylation sites is 1. The van der Waals surface area contributed by atoms with Crippen LogP contribution in [0.2, 0.25) is 0 Å². The van der Waals surface area contributed by atoms with Crippen LogP contribution in [0.5, 0.6) is 11.5 Å². The first kappa shape index (κ1) is 13.6. The van der Waals surface area contributed by atoms with E-state index in [0.717, 1.165) is 24.5 Å². The van der Waals surface area contributed by atoms with Crippen LogP contribution in [-0.2, 0) is 6.54 Å². The van der Waals surface area contributed by atoms with Gasteiger partial charge in [0.25, 0.3) is 0 Å². The summed E-state index contributed by atoms with van der Waals surface area (Å²) in [7, 11) is 0. The average Bonchev–Trinajstić information content (AvgIpc) is 2.46. The fourth-order valence-electron chi connectivity index (χ4n) is 1.78. The van der Waals surface area contributed by atoms with Gasteiger partial charge in [0.15, 0.2) is 0 Å². The molecular formula is C17H21NO.